The highest BCUT2D eigenvalue weighted by atomic mass is 32.2. The molecule has 4 nitrogen and oxygen atoms in total. The maximum absolute atomic E-state index is 13.0. The van der Waals surface area contributed by atoms with E-state index in [2.05, 4.69) is 0 Å². The number of halogens is 1. The summed E-state index contributed by atoms with van der Waals surface area (Å²) in [4.78, 5) is 11.5. The molecule has 0 heterocycles. The Morgan fingerprint density at radius 2 is 1.61 bits per heavy atom. The van der Waals surface area contributed by atoms with E-state index in [9.17, 15) is 22.7 Å². The van der Waals surface area contributed by atoms with Crippen molar-refractivity contribution in [1.29, 1.82) is 0 Å². The van der Waals surface area contributed by atoms with Gasteiger partial charge in [0.15, 0.2) is 9.84 Å². The zero-order valence-electron chi connectivity index (χ0n) is 12.3. The molecule has 6 heteroatoms. The number of benzene rings is 2. The lowest BCUT2D eigenvalue weighted by atomic mass is 10.1. The summed E-state index contributed by atoms with van der Waals surface area (Å²) in [5.74, 6) is -3.26. The van der Waals surface area contributed by atoms with E-state index in [0.717, 1.165) is 5.56 Å². The second kappa shape index (κ2) is 5.45. The van der Waals surface area contributed by atoms with Crippen molar-refractivity contribution in [3.63, 3.8) is 0 Å². The summed E-state index contributed by atoms with van der Waals surface area (Å²) in [6.45, 7) is 1.84. The fraction of sp³-hybridized carbons (Fsp3) is 0.235. The minimum Gasteiger partial charge on any atom is -0.481 e. The smallest absolute Gasteiger partial charge is 0.308 e. The molecule has 0 amide bonds. The molecular weight excluding hydrogens is 319 g/mol. The van der Waals surface area contributed by atoms with Gasteiger partial charge in [0, 0.05) is 5.92 Å². The SMILES string of the molecule is Cc1ccc(S(=O)(=O)C2C(C(=O)O)C2c2ccc(F)cc2)cc1. The number of carboxylic acids is 1. The molecular formula is C17H15FO4S. The Hall–Kier alpha value is -2.21. The molecule has 0 radical (unpaired) electrons. The van der Waals surface area contributed by atoms with Crippen molar-refractivity contribution in [2.75, 3.05) is 0 Å². The number of rotatable bonds is 4. The second-order valence-electron chi connectivity index (χ2n) is 5.76. The van der Waals surface area contributed by atoms with Crippen LogP contribution in [-0.4, -0.2) is 24.7 Å². The van der Waals surface area contributed by atoms with E-state index in [4.69, 9.17) is 0 Å². The lowest BCUT2D eigenvalue weighted by Gasteiger charge is -2.04. The summed E-state index contributed by atoms with van der Waals surface area (Å²) >= 11 is 0. The van der Waals surface area contributed by atoms with Crippen LogP contribution in [0.15, 0.2) is 53.4 Å². The van der Waals surface area contributed by atoms with Crippen LogP contribution in [0, 0.1) is 18.7 Å². The quantitative estimate of drug-likeness (QED) is 0.933. The number of aryl methyl sites for hydroxylation is 1. The maximum Gasteiger partial charge on any atom is 0.308 e. The van der Waals surface area contributed by atoms with Crippen molar-refractivity contribution < 1.29 is 22.7 Å². The molecule has 1 aliphatic rings. The lowest BCUT2D eigenvalue weighted by molar-refractivity contribution is -0.138. The Balaban J connectivity index is 1.98. The van der Waals surface area contributed by atoms with Gasteiger partial charge in [0.1, 0.15) is 5.82 Å². The topological polar surface area (TPSA) is 71.4 Å². The lowest BCUT2D eigenvalue weighted by Crippen LogP contribution is -2.13. The molecule has 1 aliphatic carbocycles. The molecule has 23 heavy (non-hydrogen) atoms. The summed E-state index contributed by atoms with van der Waals surface area (Å²) in [7, 11) is -3.76. The normalized spacial score (nSPS) is 23.5. The van der Waals surface area contributed by atoms with Crippen molar-refractivity contribution in [3.8, 4) is 0 Å². The van der Waals surface area contributed by atoms with Gasteiger partial charge in [0.25, 0.3) is 0 Å². The summed E-state index contributed by atoms with van der Waals surface area (Å²) in [5, 5.41) is 8.31. The number of hydrogen-bond acceptors (Lipinski definition) is 3. The molecule has 120 valence electrons. The highest BCUT2D eigenvalue weighted by molar-refractivity contribution is 7.92. The maximum atomic E-state index is 13.0. The second-order valence-corrected chi connectivity index (χ2v) is 7.87. The third-order valence-corrected chi connectivity index (χ3v) is 6.43. The summed E-state index contributed by atoms with van der Waals surface area (Å²) in [5.41, 5.74) is 1.45. The van der Waals surface area contributed by atoms with E-state index in [-0.39, 0.29) is 4.90 Å². The van der Waals surface area contributed by atoms with Crippen LogP contribution in [0.3, 0.4) is 0 Å². The van der Waals surface area contributed by atoms with Crippen LogP contribution < -0.4 is 0 Å². The molecule has 3 rings (SSSR count). The average molecular weight is 334 g/mol. The number of hydrogen-bond donors (Lipinski definition) is 1. The molecule has 1 saturated carbocycles. The van der Waals surface area contributed by atoms with Gasteiger partial charge in [-0.1, -0.05) is 29.8 Å². The Morgan fingerprint density at radius 3 is 2.13 bits per heavy atom. The molecule has 3 unspecified atom stereocenters. The van der Waals surface area contributed by atoms with E-state index in [1.54, 1.807) is 12.1 Å². The minimum absolute atomic E-state index is 0.115. The Bertz CT molecular complexity index is 841. The zero-order chi connectivity index (χ0) is 16.8. The fourth-order valence-electron chi connectivity index (χ4n) is 2.93. The molecule has 0 spiro atoms. The van der Waals surface area contributed by atoms with Crippen LogP contribution in [0.1, 0.15) is 17.0 Å². The molecule has 1 N–H and O–H groups in total. The third kappa shape index (κ3) is 2.74. The van der Waals surface area contributed by atoms with Gasteiger partial charge < -0.3 is 5.11 Å². The van der Waals surface area contributed by atoms with Gasteiger partial charge in [0.2, 0.25) is 0 Å². The molecule has 2 aromatic rings. The highest BCUT2D eigenvalue weighted by Gasteiger charge is 2.63. The van der Waals surface area contributed by atoms with Crippen molar-refractivity contribution in [2.45, 2.75) is 23.0 Å². The van der Waals surface area contributed by atoms with Crippen molar-refractivity contribution in [1.82, 2.24) is 0 Å². The molecule has 0 aromatic heterocycles. The summed E-state index contributed by atoms with van der Waals surface area (Å²) in [6.07, 6.45) is 0. The van der Waals surface area contributed by atoms with Gasteiger partial charge >= 0.3 is 5.97 Å². The first-order valence-electron chi connectivity index (χ1n) is 7.11. The fourth-order valence-corrected chi connectivity index (χ4v) is 5.05. The Kier molecular flexibility index (Phi) is 3.72. The van der Waals surface area contributed by atoms with Gasteiger partial charge in [-0.3, -0.25) is 4.79 Å². The zero-order valence-corrected chi connectivity index (χ0v) is 13.1. The predicted molar refractivity (Wildman–Crippen MR) is 82.4 cm³/mol. The summed E-state index contributed by atoms with van der Waals surface area (Å²) < 4.78 is 38.5. The van der Waals surface area contributed by atoms with E-state index < -0.39 is 38.7 Å². The molecule has 1 fully saturated rings. The Morgan fingerprint density at radius 1 is 1.04 bits per heavy atom. The van der Waals surface area contributed by atoms with Gasteiger partial charge in [-0.05, 0) is 36.8 Å². The standard InChI is InChI=1S/C17H15FO4S/c1-10-2-8-13(9-3-10)23(21,22)16-14(15(16)17(19)20)11-4-6-12(18)7-5-11/h2-9,14-16H,1H3,(H,19,20). The van der Waals surface area contributed by atoms with Gasteiger partial charge in [-0.15, -0.1) is 0 Å². The van der Waals surface area contributed by atoms with Crippen LogP contribution in [0.5, 0.6) is 0 Å². The van der Waals surface area contributed by atoms with Crippen LogP contribution in [0.4, 0.5) is 4.39 Å². The first kappa shape index (κ1) is 15.7. The van der Waals surface area contributed by atoms with Crippen LogP contribution in [-0.2, 0) is 14.6 Å². The van der Waals surface area contributed by atoms with E-state index in [0.29, 0.717) is 5.56 Å². The number of carboxylic acid groups (broad SMARTS) is 1. The predicted octanol–water partition coefficient (Wildman–Crippen LogP) is 2.77. The summed E-state index contributed by atoms with van der Waals surface area (Å²) in [6, 6.07) is 11.6. The number of carbonyl (C=O) groups is 1. The number of aliphatic carboxylic acids is 1. The minimum atomic E-state index is -3.76. The van der Waals surface area contributed by atoms with Gasteiger partial charge in [-0.2, -0.15) is 0 Å². The van der Waals surface area contributed by atoms with Crippen LogP contribution >= 0.6 is 0 Å². The van der Waals surface area contributed by atoms with Crippen molar-refractivity contribution in [3.05, 3.63) is 65.5 Å². The van der Waals surface area contributed by atoms with Crippen molar-refractivity contribution >= 4 is 15.8 Å². The van der Waals surface area contributed by atoms with Crippen LogP contribution in [0.25, 0.3) is 0 Å². The van der Waals surface area contributed by atoms with Gasteiger partial charge in [-0.25, -0.2) is 12.8 Å². The first-order valence-corrected chi connectivity index (χ1v) is 8.66. The monoisotopic (exact) mass is 334 g/mol. The van der Waals surface area contributed by atoms with Crippen LogP contribution in [0.2, 0.25) is 0 Å². The van der Waals surface area contributed by atoms with Gasteiger partial charge in [0.05, 0.1) is 16.1 Å². The molecule has 3 atom stereocenters. The largest absolute Gasteiger partial charge is 0.481 e. The first-order chi connectivity index (χ1) is 10.8. The number of sulfone groups is 1. The highest BCUT2D eigenvalue weighted by Crippen LogP contribution is 2.54. The molecule has 0 aliphatic heterocycles. The Labute approximate surface area is 133 Å². The molecule has 0 bridgehead atoms. The van der Waals surface area contributed by atoms with E-state index in [1.165, 1.54) is 36.4 Å². The third-order valence-electron chi connectivity index (χ3n) is 4.20. The van der Waals surface area contributed by atoms with Crippen molar-refractivity contribution in [2.24, 2.45) is 5.92 Å². The van der Waals surface area contributed by atoms with E-state index >= 15 is 0 Å². The molecule has 0 saturated heterocycles. The average Bonchev–Trinajstić information content (AvgIpc) is 3.25. The molecule has 2 aromatic carbocycles. The van der Waals surface area contributed by atoms with E-state index in [1.807, 2.05) is 6.92 Å².